The zero-order chi connectivity index (χ0) is 14.4. The normalized spacial score (nSPS) is 23.8. The van der Waals surface area contributed by atoms with E-state index in [1.165, 1.54) is 24.2 Å². The van der Waals surface area contributed by atoms with Gasteiger partial charge in [-0.25, -0.2) is 5.01 Å². The van der Waals surface area contributed by atoms with Gasteiger partial charge in [-0.15, -0.1) is 0 Å². The SMILES string of the molecule is CN1N=C(c2ccc(C(F)(F)F)cc2)C(C)(Br)C1=O. The molecule has 0 N–H and O–H groups in total. The summed E-state index contributed by atoms with van der Waals surface area (Å²) in [7, 11) is 1.50. The first-order valence-electron chi connectivity index (χ1n) is 5.38. The summed E-state index contributed by atoms with van der Waals surface area (Å²) in [6.07, 6.45) is -4.37. The summed E-state index contributed by atoms with van der Waals surface area (Å²) >= 11 is 3.27. The van der Waals surface area contributed by atoms with E-state index in [1.54, 1.807) is 6.92 Å². The third-order valence-corrected chi connectivity index (χ3v) is 3.59. The van der Waals surface area contributed by atoms with E-state index < -0.39 is 16.1 Å². The number of alkyl halides is 4. The monoisotopic (exact) mass is 334 g/mol. The van der Waals surface area contributed by atoms with Crippen LogP contribution in [0.2, 0.25) is 0 Å². The summed E-state index contributed by atoms with van der Waals surface area (Å²) in [5.74, 6) is -0.262. The lowest BCUT2D eigenvalue weighted by Crippen LogP contribution is -2.37. The minimum atomic E-state index is -4.37. The molecule has 2 rings (SSSR count). The number of hydrogen-bond acceptors (Lipinski definition) is 2. The van der Waals surface area contributed by atoms with E-state index in [9.17, 15) is 18.0 Å². The molecule has 1 aromatic rings. The van der Waals surface area contributed by atoms with Crippen LogP contribution in [0.3, 0.4) is 0 Å². The quantitative estimate of drug-likeness (QED) is 0.726. The molecule has 0 saturated heterocycles. The Morgan fingerprint density at radius 3 is 2.16 bits per heavy atom. The number of halogens is 4. The van der Waals surface area contributed by atoms with Gasteiger partial charge in [-0.2, -0.15) is 18.3 Å². The molecule has 1 amide bonds. The first-order chi connectivity index (χ1) is 8.64. The molecule has 19 heavy (non-hydrogen) atoms. The molecule has 0 spiro atoms. The van der Waals surface area contributed by atoms with Crippen molar-refractivity contribution < 1.29 is 18.0 Å². The van der Waals surface area contributed by atoms with Crippen molar-refractivity contribution in [1.82, 2.24) is 5.01 Å². The number of carbonyl (C=O) groups excluding carboxylic acids is 1. The lowest BCUT2D eigenvalue weighted by molar-refractivity contribution is -0.137. The molecule has 3 nitrogen and oxygen atoms in total. The van der Waals surface area contributed by atoms with Crippen molar-refractivity contribution in [3.8, 4) is 0 Å². The topological polar surface area (TPSA) is 32.7 Å². The van der Waals surface area contributed by atoms with Crippen molar-refractivity contribution in [3.63, 3.8) is 0 Å². The van der Waals surface area contributed by atoms with Crippen LogP contribution in [0.25, 0.3) is 0 Å². The molecular weight excluding hydrogens is 325 g/mol. The van der Waals surface area contributed by atoms with Crippen molar-refractivity contribution in [2.45, 2.75) is 17.4 Å². The van der Waals surface area contributed by atoms with Gasteiger partial charge in [-0.05, 0) is 24.6 Å². The molecular formula is C12H10BrF3N2O. The maximum absolute atomic E-state index is 12.5. The maximum atomic E-state index is 12.5. The molecule has 0 saturated carbocycles. The molecule has 0 aromatic heterocycles. The van der Waals surface area contributed by atoms with Crippen LogP contribution in [0.5, 0.6) is 0 Å². The Morgan fingerprint density at radius 2 is 1.79 bits per heavy atom. The van der Waals surface area contributed by atoms with Gasteiger partial charge in [0.05, 0.1) is 11.3 Å². The van der Waals surface area contributed by atoms with Crippen LogP contribution in [0.15, 0.2) is 29.4 Å². The van der Waals surface area contributed by atoms with E-state index in [4.69, 9.17) is 0 Å². The zero-order valence-corrected chi connectivity index (χ0v) is 11.7. The predicted octanol–water partition coefficient (Wildman–Crippen LogP) is 3.04. The third kappa shape index (κ3) is 2.39. The Balaban J connectivity index is 2.39. The molecule has 0 fully saturated rings. The van der Waals surface area contributed by atoms with E-state index in [2.05, 4.69) is 21.0 Å². The van der Waals surface area contributed by atoms with Crippen molar-refractivity contribution in [2.75, 3.05) is 7.05 Å². The highest BCUT2D eigenvalue weighted by atomic mass is 79.9. The van der Waals surface area contributed by atoms with E-state index in [0.29, 0.717) is 11.3 Å². The number of benzene rings is 1. The number of nitrogens with zero attached hydrogens (tertiary/aromatic N) is 2. The smallest absolute Gasteiger partial charge is 0.271 e. The number of amides is 1. The molecule has 0 radical (unpaired) electrons. The van der Waals surface area contributed by atoms with E-state index >= 15 is 0 Å². The van der Waals surface area contributed by atoms with Gasteiger partial charge in [-0.1, -0.05) is 28.1 Å². The minimum absolute atomic E-state index is 0.262. The highest BCUT2D eigenvalue weighted by Crippen LogP contribution is 2.33. The maximum Gasteiger partial charge on any atom is 0.416 e. The van der Waals surface area contributed by atoms with Gasteiger partial charge in [0, 0.05) is 7.05 Å². The summed E-state index contributed by atoms with van der Waals surface area (Å²) in [4.78, 5) is 11.8. The van der Waals surface area contributed by atoms with Crippen LogP contribution in [0.4, 0.5) is 13.2 Å². The fourth-order valence-electron chi connectivity index (χ4n) is 1.84. The summed E-state index contributed by atoms with van der Waals surface area (Å²) in [6.45, 7) is 1.62. The van der Waals surface area contributed by atoms with Crippen molar-refractivity contribution in [3.05, 3.63) is 35.4 Å². The molecule has 0 aliphatic carbocycles. The molecule has 1 heterocycles. The first-order valence-corrected chi connectivity index (χ1v) is 6.17. The Bertz CT molecular complexity index is 549. The van der Waals surface area contributed by atoms with Crippen LogP contribution >= 0.6 is 15.9 Å². The second-order valence-corrected chi connectivity index (χ2v) is 5.94. The van der Waals surface area contributed by atoms with Gasteiger partial charge < -0.3 is 0 Å². The van der Waals surface area contributed by atoms with Gasteiger partial charge in [0.15, 0.2) is 0 Å². The second-order valence-electron chi connectivity index (χ2n) is 4.36. The number of hydrazone groups is 1. The number of hydrogen-bond donors (Lipinski definition) is 0. The van der Waals surface area contributed by atoms with E-state index in [0.717, 1.165) is 12.1 Å². The van der Waals surface area contributed by atoms with Gasteiger partial charge in [0.1, 0.15) is 4.32 Å². The van der Waals surface area contributed by atoms with Gasteiger partial charge in [0.25, 0.3) is 5.91 Å². The molecule has 1 aliphatic heterocycles. The summed E-state index contributed by atoms with van der Waals surface area (Å²) in [5, 5.41) is 5.23. The van der Waals surface area contributed by atoms with Gasteiger partial charge in [0.2, 0.25) is 0 Å². The van der Waals surface area contributed by atoms with Gasteiger partial charge >= 0.3 is 6.18 Å². The fraction of sp³-hybridized carbons (Fsp3) is 0.333. The van der Waals surface area contributed by atoms with E-state index in [-0.39, 0.29) is 5.91 Å². The predicted molar refractivity (Wildman–Crippen MR) is 68.1 cm³/mol. The lowest BCUT2D eigenvalue weighted by atomic mass is 9.97. The van der Waals surface area contributed by atoms with Crippen LogP contribution in [0.1, 0.15) is 18.1 Å². The highest BCUT2D eigenvalue weighted by molar-refractivity contribution is 9.10. The molecule has 1 aromatic carbocycles. The Labute approximate surface area is 116 Å². The van der Waals surface area contributed by atoms with Crippen LogP contribution < -0.4 is 0 Å². The Hall–Kier alpha value is -1.37. The third-order valence-electron chi connectivity index (χ3n) is 2.88. The second kappa shape index (κ2) is 4.33. The lowest BCUT2D eigenvalue weighted by Gasteiger charge is -2.16. The largest absolute Gasteiger partial charge is 0.416 e. The standard InChI is InChI=1S/C12H10BrF3N2O/c1-11(13)9(17-18(2)10(11)19)7-3-5-8(6-4-7)12(14,15)16/h3-6H,1-2H3. The number of carbonyl (C=O) groups is 1. The van der Waals surface area contributed by atoms with Crippen LogP contribution in [-0.4, -0.2) is 28.0 Å². The fourth-order valence-corrected chi connectivity index (χ4v) is 2.41. The molecule has 102 valence electrons. The average molecular weight is 335 g/mol. The Morgan fingerprint density at radius 1 is 1.26 bits per heavy atom. The molecule has 1 atom stereocenters. The number of rotatable bonds is 1. The van der Waals surface area contributed by atoms with E-state index in [1.807, 2.05) is 0 Å². The van der Waals surface area contributed by atoms with Crippen molar-refractivity contribution in [1.29, 1.82) is 0 Å². The first kappa shape index (κ1) is 14.0. The molecule has 1 aliphatic rings. The Kier molecular flexibility index (Phi) is 3.20. The summed E-state index contributed by atoms with van der Waals surface area (Å²) in [6, 6.07) is 4.58. The molecule has 7 heteroatoms. The summed E-state index contributed by atoms with van der Waals surface area (Å²) in [5.41, 5.74) is 0.143. The van der Waals surface area contributed by atoms with Gasteiger partial charge in [-0.3, -0.25) is 4.79 Å². The minimum Gasteiger partial charge on any atom is -0.271 e. The molecule has 0 bridgehead atoms. The van der Waals surface area contributed by atoms with Crippen LogP contribution in [-0.2, 0) is 11.0 Å². The zero-order valence-electron chi connectivity index (χ0n) is 10.1. The summed E-state index contributed by atoms with van der Waals surface area (Å²) < 4.78 is 36.4. The van der Waals surface area contributed by atoms with Crippen LogP contribution in [0, 0.1) is 0 Å². The average Bonchev–Trinajstić information content (AvgIpc) is 2.52. The molecule has 1 unspecified atom stereocenters. The highest BCUT2D eigenvalue weighted by Gasteiger charge is 2.44. The van der Waals surface area contributed by atoms with Crippen molar-refractivity contribution >= 4 is 27.5 Å². The van der Waals surface area contributed by atoms with Crippen molar-refractivity contribution in [2.24, 2.45) is 5.10 Å².